The number of H-pyrrole nitrogens is 1. The van der Waals surface area contributed by atoms with E-state index < -0.39 is 0 Å². The van der Waals surface area contributed by atoms with Crippen LogP contribution in [-0.4, -0.2) is 33.3 Å². The third-order valence-corrected chi connectivity index (χ3v) is 6.07. The molecule has 5 rings (SSSR count). The highest BCUT2D eigenvalue weighted by Crippen LogP contribution is 2.31. The molecule has 0 bridgehead atoms. The third-order valence-electron chi connectivity index (χ3n) is 6.07. The summed E-state index contributed by atoms with van der Waals surface area (Å²) in [5.74, 6) is -0.166. The first-order valence-corrected chi connectivity index (χ1v) is 11.2. The normalized spacial score (nSPS) is 15.0. The molecule has 0 saturated heterocycles. The van der Waals surface area contributed by atoms with Crippen molar-refractivity contribution in [2.75, 3.05) is 6.54 Å². The molecule has 0 fully saturated rings. The fourth-order valence-corrected chi connectivity index (χ4v) is 4.28. The molecular weight excluding hydrogens is 430 g/mol. The van der Waals surface area contributed by atoms with Gasteiger partial charge in [0, 0.05) is 18.5 Å². The highest BCUT2D eigenvalue weighted by atomic mass is 16.5. The average molecular weight is 453 g/mol. The maximum Gasteiger partial charge on any atom is 0.339 e. The van der Waals surface area contributed by atoms with Gasteiger partial charge in [0.1, 0.15) is 11.9 Å². The molecule has 0 radical (unpaired) electrons. The van der Waals surface area contributed by atoms with Crippen LogP contribution in [0.1, 0.15) is 50.7 Å². The van der Waals surface area contributed by atoms with Gasteiger partial charge in [0.2, 0.25) is 0 Å². The third kappa shape index (κ3) is 4.08. The number of nitrogens with one attached hydrogen (secondary N) is 1. The van der Waals surface area contributed by atoms with Gasteiger partial charge in [-0.2, -0.15) is 0 Å². The number of cyclic esters (lactones) is 1. The Morgan fingerprint density at radius 1 is 1.06 bits per heavy atom. The first-order valence-electron chi connectivity index (χ1n) is 11.2. The molecule has 0 spiro atoms. The standard InChI is InChI=1S/C27H23N3O4/c1-2-30(16-24-28-22-11-7-6-10-21(22)25(31)29-24)26(32)18-12-13-20-19(14-18)15-23(34-27(20)33)17-8-4-3-5-9-17/h3-14,23H,2,15-16H2,1H3,(H,28,29,31)/t23-/m1/s1. The molecule has 7 heteroatoms. The molecule has 1 aliphatic rings. The Hall–Kier alpha value is -4.26. The number of nitrogens with zero attached hydrogens (tertiary/aromatic N) is 2. The fraction of sp³-hybridized carbons (Fsp3) is 0.185. The summed E-state index contributed by atoms with van der Waals surface area (Å²) in [6.07, 6.45) is 0.110. The van der Waals surface area contributed by atoms with E-state index in [1.165, 1.54) is 0 Å². The number of aromatic amines is 1. The molecule has 1 amide bonds. The van der Waals surface area contributed by atoms with Gasteiger partial charge < -0.3 is 14.6 Å². The molecule has 1 atom stereocenters. The number of benzene rings is 3. The second kappa shape index (κ2) is 8.94. The zero-order valence-corrected chi connectivity index (χ0v) is 18.7. The lowest BCUT2D eigenvalue weighted by Crippen LogP contribution is -2.32. The molecular formula is C27H23N3O4. The summed E-state index contributed by atoms with van der Waals surface area (Å²) in [4.78, 5) is 47.2. The van der Waals surface area contributed by atoms with Crippen molar-refractivity contribution in [3.8, 4) is 0 Å². The quantitative estimate of drug-likeness (QED) is 0.461. The van der Waals surface area contributed by atoms with Crippen LogP contribution in [0.15, 0.2) is 77.6 Å². The van der Waals surface area contributed by atoms with Crippen LogP contribution >= 0.6 is 0 Å². The molecule has 2 heterocycles. The van der Waals surface area contributed by atoms with Crippen LogP contribution in [0.2, 0.25) is 0 Å². The van der Waals surface area contributed by atoms with Crippen LogP contribution < -0.4 is 5.56 Å². The summed E-state index contributed by atoms with van der Waals surface area (Å²) >= 11 is 0. The van der Waals surface area contributed by atoms with Gasteiger partial charge in [0.25, 0.3) is 11.5 Å². The van der Waals surface area contributed by atoms with Crippen LogP contribution in [0.3, 0.4) is 0 Å². The van der Waals surface area contributed by atoms with E-state index in [0.717, 1.165) is 11.1 Å². The zero-order valence-electron chi connectivity index (χ0n) is 18.7. The summed E-state index contributed by atoms with van der Waals surface area (Å²) in [6.45, 7) is 2.47. The van der Waals surface area contributed by atoms with Crippen molar-refractivity contribution in [3.05, 3.63) is 111 Å². The first kappa shape index (κ1) is 21.6. The lowest BCUT2D eigenvalue weighted by atomic mass is 9.93. The molecule has 0 aliphatic carbocycles. The lowest BCUT2D eigenvalue weighted by molar-refractivity contribution is 0.0252. The number of rotatable bonds is 5. The molecule has 170 valence electrons. The van der Waals surface area contributed by atoms with E-state index in [1.807, 2.05) is 43.3 Å². The van der Waals surface area contributed by atoms with Gasteiger partial charge in [-0.3, -0.25) is 9.59 Å². The molecule has 34 heavy (non-hydrogen) atoms. The van der Waals surface area contributed by atoms with E-state index in [1.54, 1.807) is 41.3 Å². The van der Waals surface area contributed by atoms with E-state index in [0.29, 0.717) is 40.8 Å². The van der Waals surface area contributed by atoms with E-state index >= 15 is 0 Å². The molecule has 1 N–H and O–H groups in total. The van der Waals surface area contributed by atoms with Crippen LogP contribution in [0, 0.1) is 0 Å². The molecule has 0 saturated carbocycles. The monoisotopic (exact) mass is 453 g/mol. The molecule has 7 nitrogen and oxygen atoms in total. The van der Waals surface area contributed by atoms with Gasteiger partial charge in [-0.1, -0.05) is 42.5 Å². The Kier molecular flexibility index (Phi) is 5.67. The number of amides is 1. The lowest BCUT2D eigenvalue weighted by Gasteiger charge is -2.26. The minimum Gasteiger partial charge on any atom is -0.454 e. The van der Waals surface area contributed by atoms with Gasteiger partial charge in [0.15, 0.2) is 0 Å². The molecule has 1 aromatic heterocycles. The summed E-state index contributed by atoms with van der Waals surface area (Å²) < 4.78 is 5.62. The Labute approximate surface area is 196 Å². The minimum atomic E-state index is -0.389. The van der Waals surface area contributed by atoms with E-state index in [9.17, 15) is 14.4 Å². The maximum atomic E-state index is 13.3. The van der Waals surface area contributed by atoms with Crippen LogP contribution in [0.4, 0.5) is 0 Å². The highest BCUT2D eigenvalue weighted by molar-refractivity contribution is 5.97. The number of hydrogen-bond donors (Lipinski definition) is 1. The second-order valence-electron chi connectivity index (χ2n) is 8.23. The highest BCUT2D eigenvalue weighted by Gasteiger charge is 2.28. The Bertz CT molecular complexity index is 1450. The number of ether oxygens (including phenoxy) is 1. The number of carbonyl (C=O) groups is 2. The maximum absolute atomic E-state index is 13.3. The van der Waals surface area contributed by atoms with Crippen LogP contribution in [0.25, 0.3) is 10.9 Å². The predicted octanol–water partition coefficient (Wildman–Crippen LogP) is 4.04. The topological polar surface area (TPSA) is 92.4 Å². The van der Waals surface area contributed by atoms with Crippen LogP contribution in [-0.2, 0) is 17.7 Å². The predicted molar refractivity (Wildman–Crippen MR) is 128 cm³/mol. The van der Waals surface area contributed by atoms with Crippen molar-refractivity contribution in [1.29, 1.82) is 0 Å². The van der Waals surface area contributed by atoms with Crippen molar-refractivity contribution in [2.45, 2.75) is 26.0 Å². The second-order valence-corrected chi connectivity index (χ2v) is 8.23. The Balaban J connectivity index is 1.41. The van der Waals surface area contributed by atoms with Crippen LogP contribution in [0.5, 0.6) is 0 Å². The van der Waals surface area contributed by atoms with Gasteiger partial charge >= 0.3 is 5.97 Å². The number of carbonyl (C=O) groups excluding carboxylic acids is 2. The summed E-state index contributed by atoms with van der Waals surface area (Å²) in [6, 6.07) is 21.7. The first-order chi connectivity index (χ1) is 16.5. The number of hydrogen-bond acceptors (Lipinski definition) is 5. The van der Waals surface area contributed by atoms with Crippen molar-refractivity contribution in [3.63, 3.8) is 0 Å². The van der Waals surface area contributed by atoms with Gasteiger partial charge in [-0.15, -0.1) is 0 Å². The molecule has 1 aliphatic heterocycles. The number of aromatic nitrogens is 2. The number of para-hydroxylation sites is 1. The zero-order chi connectivity index (χ0) is 23.7. The van der Waals surface area contributed by atoms with Gasteiger partial charge in [0.05, 0.1) is 23.0 Å². The summed E-state index contributed by atoms with van der Waals surface area (Å²) in [7, 11) is 0. The van der Waals surface area contributed by atoms with E-state index in [-0.39, 0.29) is 30.1 Å². The molecule has 0 unspecified atom stereocenters. The average Bonchev–Trinajstić information content (AvgIpc) is 2.87. The smallest absolute Gasteiger partial charge is 0.339 e. The van der Waals surface area contributed by atoms with Crippen molar-refractivity contribution in [1.82, 2.24) is 14.9 Å². The summed E-state index contributed by atoms with van der Waals surface area (Å²) in [5, 5.41) is 0.509. The Morgan fingerprint density at radius 3 is 2.62 bits per heavy atom. The Morgan fingerprint density at radius 2 is 1.82 bits per heavy atom. The van der Waals surface area contributed by atoms with Crippen molar-refractivity contribution < 1.29 is 14.3 Å². The van der Waals surface area contributed by atoms with Gasteiger partial charge in [-0.25, -0.2) is 9.78 Å². The van der Waals surface area contributed by atoms with Crippen molar-refractivity contribution in [2.24, 2.45) is 0 Å². The minimum absolute atomic E-state index is 0.168. The largest absolute Gasteiger partial charge is 0.454 e. The molecule has 3 aromatic carbocycles. The SMILES string of the molecule is CCN(Cc1nc2ccccc2c(=O)[nH]1)C(=O)c1ccc2c(c1)C[C@H](c1ccccc1)OC2=O. The van der Waals surface area contributed by atoms with Crippen molar-refractivity contribution >= 4 is 22.8 Å². The number of esters is 1. The fourth-order valence-electron chi connectivity index (χ4n) is 4.28. The van der Waals surface area contributed by atoms with E-state index in [4.69, 9.17) is 4.74 Å². The summed E-state index contributed by atoms with van der Waals surface area (Å²) in [5.41, 5.74) is 3.01. The molecule has 4 aromatic rings. The number of fused-ring (bicyclic) bond motifs is 2. The van der Waals surface area contributed by atoms with E-state index in [2.05, 4.69) is 9.97 Å². The van der Waals surface area contributed by atoms with Gasteiger partial charge in [-0.05, 0) is 48.4 Å².